The van der Waals surface area contributed by atoms with Crippen molar-refractivity contribution in [1.82, 2.24) is 14.9 Å². The topological polar surface area (TPSA) is 78.5 Å². The smallest absolute Gasteiger partial charge is 0.261 e. The number of thiophene rings is 1. The first-order valence-electron chi connectivity index (χ1n) is 10.4. The first-order valence-corrected chi connectivity index (χ1v) is 13.1. The molecule has 0 unspecified atom stereocenters. The molecule has 1 saturated heterocycles. The Bertz CT molecular complexity index is 931. The Kier molecular flexibility index (Phi) is 8.05. The zero-order chi connectivity index (χ0) is 21.6. The summed E-state index contributed by atoms with van der Waals surface area (Å²) < 4.78 is 24.7. The van der Waals surface area contributed by atoms with E-state index in [9.17, 15) is 13.2 Å². The van der Waals surface area contributed by atoms with Crippen molar-refractivity contribution in [3.8, 4) is 0 Å². The van der Waals surface area contributed by atoms with E-state index < -0.39 is 10.0 Å². The van der Waals surface area contributed by atoms with Crippen LogP contribution in [0, 0.1) is 5.92 Å². The second-order valence-corrected chi connectivity index (χ2v) is 11.1. The minimum Gasteiger partial charge on any atom is -0.347 e. The van der Waals surface area contributed by atoms with Crippen molar-refractivity contribution in [2.75, 3.05) is 25.9 Å². The highest BCUT2D eigenvalue weighted by Gasteiger charge is 2.15. The number of carbonyl (C=O) groups excluding carboxylic acids is 1. The number of likely N-dealkylation sites (tertiary alicyclic amines) is 1. The van der Waals surface area contributed by atoms with Crippen LogP contribution in [0.15, 0.2) is 36.4 Å². The number of hydrogen-bond donors (Lipinski definition) is 2. The number of amides is 1. The molecule has 1 aliphatic heterocycles. The standard InChI is InChI=1S/C22H31N3O3S2/c1-17-10-13-25(14-11-17)16-19-5-3-18(4-6-19)15-23-22(26)21-8-7-20(29-21)9-12-24-30(2,27)28/h3-8,17,24H,9-16H2,1-2H3,(H,23,26). The molecule has 0 atom stereocenters. The van der Waals surface area contributed by atoms with Crippen molar-refractivity contribution in [1.29, 1.82) is 0 Å². The van der Waals surface area contributed by atoms with E-state index in [1.807, 2.05) is 6.07 Å². The van der Waals surface area contributed by atoms with Gasteiger partial charge in [-0.1, -0.05) is 31.2 Å². The van der Waals surface area contributed by atoms with E-state index in [4.69, 9.17) is 0 Å². The molecule has 1 aromatic carbocycles. The maximum absolute atomic E-state index is 12.4. The number of nitrogens with one attached hydrogen (secondary N) is 2. The van der Waals surface area contributed by atoms with E-state index in [-0.39, 0.29) is 5.91 Å². The first-order chi connectivity index (χ1) is 14.3. The van der Waals surface area contributed by atoms with Crippen LogP contribution in [0.25, 0.3) is 0 Å². The van der Waals surface area contributed by atoms with Gasteiger partial charge in [0.1, 0.15) is 0 Å². The summed E-state index contributed by atoms with van der Waals surface area (Å²) in [6.07, 6.45) is 4.27. The molecule has 0 aliphatic carbocycles. The van der Waals surface area contributed by atoms with Crippen molar-refractivity contribution >= 4 is 27.3 Å². The van der Waals surface area contributed by atoms with Crippen LogP contribution in [0.1, 0.15) is 45.4 Å². The van der Waals surface area contributed by atoms with E-state index in [0.29, 0.717) is 24.4 Å². The Morgan fingerprint density at radius 1 is 1.10 bits per heavy atom. The van der Waals surface area contributed by atoms with Gasteiger partial charge in [0, 0.05) is 24.5 Å². The predicted octanol–water partition coefficient (Wildman–Crippen LogP) is 3.00. The first kappa shape index (κ1) is 22.9. The molecule has 2 heterocycles. The van der Waals surface area contributed by atoms with Crippen LogP contribution in [-0.2, 0) is 29.5 Å². The van der Waals surface area contributed by atoms with Gasteiger partial charge in [-0.3, -0.25) is 9.69 Å². The zero-order valence-corrected chi connectivity index (χ0v) is 19.3. The van der Waals surface area contributed by atoms with Gasteiger partial charge in [-0.05, 0) is 61.5 Å². The molecule has 1 aliphatic rings. The Morgan fingerprint density at radius 2 is 1.77 bits per heavy atom. The number of sulfonamides is 1. The van der Waals surface area contributed by atoms with Crippen LogP contribution < -0.4 is 10.0 Å². The van der Waals surface area contributed by atoms with Crippen molar-refractivity contribution in [2.45, 2.75) is 39.3 Å². The molecule has 2 aromatic rings. The van der Waals surface area contributed by atoms with Gasteiger partial charge in [-0.2, -0.15) is 0 Å². The van der Waals surface area contributed by atoms with Crippen molar-refractivity contribution in [2.24, 2.45) is 5.92 Å². The highest BCUT2D eigenvalue weighted by Crippen LogP contribution is 2.19. The lowest BCUT2D eigenvalue weighted by Gasteiger charge is -2.30. The molecule has 1 fully saturated rings. The van der Waals surface area contributed by atoms with Gasteiger partial charge in [0.15, 0.2) is 0 Å². The summed E-state index contributed by atoms with van der Waals surface area (Å²) in [5.74, 6) is 0.740. The number of rotatable bonds is 9. The lowest BCUT2D eigenvalue weighted by molar-refractivity contribution is 0.0955. The van der Waals surface area contributed by atoms with E-state index in [1.54, 1.807) is 6.07 Å². The van der Waals surface area contributed by atoms with E-state index in [0.717, 1.165) is 29.2 Å². The number of carbonyl (C=O) groups is 1. The van der Waals surface area contributed by atoms with Crippen LogP contribution >= 0.6 is 11.3 Å². The van der Waals surface area contributed by atoms with Crippen LogP contribution in [-0.4, -0.2) is 45.1 Å². The van der Waals surface area contributed by atoms with Gasteiger partial charge in [-0.15, -0.1) is 11.3 Å². The Hall–Kier alpha value is -1.74. The molecule has 0 saturated carbocycles. The van der Waals surface area contributed by atoms with E-state index in [1.165, 1.54) is 42.8 Å². The maximum atomic E-state index is 12.4. The molecule has 3 rings (SSSR count). The summed E-state index contributed by atoms with van der Waals surface area (Å²) in [7, 11) is -3.18. The third kappa shape index (κ3) is 7.50. The van der Waals surface area contributed by atoms with Gasteiger partial charge in [0.05, 0.1) is 11.1 Å². The van der Waals surface area contributed by atoms with Gasteiger partial charge in [0.25, 0.3) is 5.91 Å². The lowest BCUT2D eigenvalue weighted by atomic mass is 9.99. The molecule has 1 aromatic heterocycles. The van der Waals surface area contributed by atoms with Gasteiger partial charge in [-0.25, -0.2) is 13.1 Å². The van der Waals surface area contributed by atoms with Crippen LogP contribution in [0.4, 0.5) is 0 Å². The molecule has 6 nitrogen and oxygen atoms in total. The minimum atomic E-state index is -3.18. The van der Waals surface area contributed by atoms with E-state index >= 15 is 0 Å². The summed E-state index contributed by atoms with van der Waals surface area (Å²) >= 11 is 1.40. The second-order valence-electron chi connectivity index (χ2n) is 8.14. The highest BCUT2D eigenvalue weighted by atomic mass is 32.2. The zero-order valence-electron chi connectivity index (χ0n) is 17.7. The summed E-state index contributed by atoms with van der Waals surface area (Å²) in [6, 6.07) is 12.1. The average Bonchev–Trinajstić information content (AvgIpc) is 3.17. The number of piperidine rings is 1. The maximum Gasteiger partial charge on any atom is 0.261 e. The Morgan fingerprint density at radius 3 is 2.43 bits per heavy atom. The predicted molar refractivity (Wildman–Crippen MR) is 122 cm³/mol. The SMILES string of the molecule is CC1CCN(Cc2ccc(CNC(=O)c3ccc(CCNS(C)(=O)=O)s3)cc2)CC1. The van der Waals surface area contributed by atoms with Crippen LogP contribution in [0.2, 0.25) is 0 Å². The van der Waals surface area contributed by atoms with Gasteiger partial charge >= 0.3 is 0 Å². The Balaban J connectivity index is 1.43. The summed E-state index contributed by atoms with van der Waals surface area (Å²) in [6.45, 7) is 6.49. The Labute approximate surface area is 183 Å². The summed E-state index contributed by atoms with van der Waals surface area (Å²) in [5.41, 5.74) is 2.39. The largest absolute Gasteiger partial charge is 0.347 e. The van der Waals surface area contributed by atoms with Crippen molar-refractivity contribution in [3.63, 3.8) is 0 Å². The molecule has 1 amide bonds. The fourth-order valence-electron chi connectivity index (χ4n) is 3.50. The van der Waals surface area contributed by atoms with Crippen LogP contribution in [0.5, 0.6) is 0 Å². The second kappa shape index (κ2) is 10.5. The number of nitrogens with zero attached hydrogens (tertiary/aromatic N) is 1. The molecule has 8 heteroatoms. The monoisotopic (exact) mass is 449 g/mol. The fourth-order valence-corrected chi connectivity index (χ4v) is 4.90. The molecule has 0 bridgehead atoms. The third-order valence-corrected chi connectivity index (χ3v) is 7.25. The molecular formula is C22H31N3O3S2. The summed E-state index contributed by atoms with van der Waals surface area (Å²) in [5, 5.41) is 2.96. The number of hydrogen-bond acceptors (Lipinski definition) is 5. The quantitative estimate of drug-likeness (QED) is 0.617. The molecule has 30 heavy (non-hydrogen) atoms. The van der Waals surface area contributed by atoms with E-state index in [2.05, 4.69) is 46.1 Å². The molecule has 0 radical (unpaired) electrons. The fraction of sp³-hybridized carbons (Fsp3) is 0.500. The highest BCUT2D eigenvalue weighted by molar-refractivity contribution is 7.88. The van der Waals surface area contributed by atoms with Crippen molar-refractivity contribution in [3.05, 3.63) is 57.3 Å². The van der Waals surface area contributed by atoms with Gasteiger partial charge in [0.2, 0.25) is 10.0 Å². The lowest BCUT2D eigenvalue weighted by Crippen LogP contribution is -2.32. The average molecular weight is 450 g/mol. The molecular weight excluding hydrogens is 418 g/mol. The summed E-state index contributed by atoms with van der Waals surface area (Å²) in [4.78, 5) is 16.5. The third-order valence-electron chi connectivity index (χ3n) is 5.38. The number of benzene rings is 1. The molecule has 0 spiro atoms. The normalized spacial score (nSPS) is 15.9. The van der Waals surface area contributed by atoms with Crippen LogP contribution in [0.3, 0.4) is 0 Å². The molecule has 2 N–H and O–H groups in total. The van der Waals surface area contributed by atoms with Crippen molar-refractivity contribution < 1.29 is 13.2 Å². The molecule has 164 valence electrons. The van der Waals surface area contributed by atoms with Gasteiger partial charge < -0.3 is 5.32 Å². The minimum absolute atomic E-state index is 0.103.